The molecular weight excluding hydrogens is 238 g/mol. The summed E-state index contributed by atoms with van der Waals surface area (Å²) in [7, 11) is 0. The average molecular weight is 248 g/mol. The van der Waals surface area contributed by atoms with Gasteiger partial charge in [0.2, 0.25) is 5.91 Å². The van der Waals surface area contributed by atoms with Gasteiger partial charge in [-0.25, -0.2) is 0 Å². The molecule has 1 heterocycles. The van der Waals surface area contributed by atoms with Gasteiger partial charge >= 0.3 is 5.97 Å². The molecule has 1 unspecified atom stereocenters. The summed E-state index contributed by atoms with van der Waals surface area (Å²) in [6.07, 6.45) is 0.162. The van der Waals surface area contributed by atoms with Crippen molar-refractivity contribution in [1.29, 1.82) is 0 Å². The molecule has 0 bridgehead atoms. The van der Waals surface area contributed by atoms with Gasteiger partial charge in [-0.3, -0.25) is 9.59 Å². The molecule has 1 aromatic rings. The maximum atomic E-state index is 11.3. The van der Waals surface area contributed by atoms with Crippen LogP contribution in [0.1, 0.15) is 11.8 Å². The minimum Gasteiger partial charge on any atom is -0.480 e. The fraction of sp³-hybridized carbons (Fsp3) is 0.333. The summed E-state index contributed by atoms with van der Waals surface area (Å²) >= 11 is 7.00. The zero-order valence-corrected chi connectivity index (χ0v) is 9.56. The van der Waals surface area contributed by atoms with Gasteiger partial charge in [0.1, 0.15) is 6.04 Å². The quantitative estimate of drug-likeness (QED) is 0.848. The predicted octanol–water partition coefficient (Wildman–Crippen LogP) is 1.53. The number of hydrogen-bond acceptors (Lipinski definition) is 3. The lowest BCUT2D eigenvalue weighted by Crippen LogP contribution is -2.39. The van der Waals surface area contributed by atoms with E-state index in [1.54, 1.807) is 12.1 Å². The van der Waals surface area contributed by atoms with Crippen molar-refractivity contribution in [3.8, 4) is 0 Å². The lowest BCUT2D eigenvalue weighted by Gasteiger charge is -2.07. The summed E-state index contributed by atoms with van der Waals surface area (Å²) in [6.45, 7) is 1.42. The first kappa shape index (κ1) is 12.0. The number of hydrogen-bond donors (Lipinski definition) is 2. The van der Waals surface area contributed by atoms with Gasteiger partial charge in [-0.05, 0) is 19.1 Å². The molecule has 0 spiro atoms. The maximum Gasteiger partial charge on any atom is 0.325 e. The number of halogens is 1. The Balaban J connectivity index is 2.46. The third-order valence-electron chi connectivity index (χ3n) is 1.71. The van der Waals surface area contributed by atoms with Crippen LogP contribution >= 0.6 is 22.9 Å². The molecule has 0 saturated carbocycles. The summed E-state index contributed by atoms with van der Waals surface area (Å²) in [5, 5.41) is 10.9. The van der Waals surface area contributed by atoms with Crippen LogP contribution in [-0.2, 0) is 16.0 Å². The van der Waals surface area contributed by atoms with E-state index in [0.29, 0.717) is 4.34 Å². The summed E-state index contributed by atoms with van der Waals surface area (Å²) in [5.41, 5.74) is 0. The molecule has 0 aliphatic heterocycles. The Morgan fingerprint density at radius 2 is 2.27 bits per heavy atom. The number of carboxylic acids is 1. The minimum atomic E-state index is -1.05. The smallest absolute Gasteiger partial charge is 0.325 e. The van der Waals surface area contributed by atoms with Crippen LogP contribution < -0.4 is 5.32 Å². The molecule has 0 aliphatic rings. The largest absolute Gasteiger partial charge is 0.480 e. The van der Waals surface area contributed by atoms with Gasteiger partial charge in [-0.1, -0.05) is 11.6 Å². The van der Waals surface area contributed by atoms with E-state index >= 15 is 0 Å². The van der Waals surface area contributed by atoms with Crippen molar-refractivity contribution >= 4 is 34.8 Å². The highest BCUT2D eigenvalue weighted by Gasteiger charge is 2.14. The van der Waals surface area contributed by atoms with Gasteiger partial charge in [0, 0.05) is 4.88 Å². The van der Waals surface area contributed by atoms with Crippen LogP contribution in [0.5, 0.6) is 0 Å². The molecule has 15 heavy (non-hydrogen) atoms. The lowest BCUT2D eigenvalue weighted by atomic mass is 10.3. The second-order valence-electron chi connectivity index (χ2n) is 3.01. The Labute approximate surface area is 95.9 Å². The standard InChI is InChI=1S/C9H10ClNO3S/c1-5(9(13)14)11-8(12)4-6-2-3-7(10)15-6/h2-3,5H,4H2,1H3,(H,11,12)(H,13,14). The average Bonchev–Trinajstić information content (AvgIpc) is 2.50. The molecule has 0 fully saturated rings. The molecule has 1 amide bonds. The topological polar surface area (TPSA) is 66.4 Å². The number of carbonyl (C=O) groups is 2. The highest BCUT2D eigenvalue weighted by Crippen LogP contribution is 2.21. The van der Waals surface area contributed by atoms with Crippen molar-refractivity contribution in [2.75, 3.05) is 0 Å². The Bertz CT molecular complexity index is 377. The number of carboxylic acid groups (broad SMARTS) is 1. The number of rotatable bonds is 4. The van der Waals surface area contributed by atoms with E-state index in [-0.39, 0.29) is 12.3 Å². The lowest BCUT2D eigenvalue weighted by molar-refractivity contribution is -0.141. The third-order valence-corrected chi connectivity index (χ3v) is 2.94. The van der Waals surface area contributed by atoms with Crippen molar-refractivity contribution in [2.45, 2.75) is 19.4 Å². The van der Waals surface area contributed by atoms with Crippen molar-refractivity contribution in [1.82, 2.24) is 5.32 Å². The fourth-order valence-corrected chi connectivity index (χ4v) is 2.05. The Hall–Kier alpha value is -1.07. The van der Waals surface area contributed by atoms with Crippen molar-refractivity contribution in [2.24, 2.45) is 0 Å². The number of thiophene rings is 1. The molecule has 1 aromatic heterocycles. The van der Waals surface area contributed by atoms with E-state index in [2.05, 4.69) is 5.32 Å². The highest BCUT2D eigenvalue weighted by atomic mass is 35.5. The van der Waals surface area contributed by atoms with Gasteiger partial charge in [-0.15, -0.1) is 11.3 Å². The van der Waals surface area contributed by atoms with Crippen molar-refractivity contribution in [3.05, 3.63) is 21.3 Å². The van der Waals surface area contributed by atoms with Gasteiger partial charge in [0.15, 0.2) is 0 Å². The fourth-order valence-electron chi connectivity index (χ4n) is 0.959. The van der Waals surface area contributed by atoms with E-state index in [4.69, 9.17) is 16.7 Å². The molecule has 0 aromatic carbocycles. The Morgan fingerprint density at radius 1 is 1.60 bits per heavy atom. The molecular formula is C9H10ClNO3S. The third kappa shape index (κ3) is 3.89. The zero-order chi connectivity index (χ0) is 11.4. The van der Waals surface area contributed by atoms with E-state index in [1.165, 1.54) is 18.3 Å². The van der Waals surface area contributed by atoms with Crippen LogP contribution in [0.25, 0.3) is 0 Å². The normalized spacial score (nSPS) is 12.1. The summed E-state index contributed by atoms with van der Waals surface area (Å²) < 4.78 is 0.615. The highest BCUT2D eigenvalue weighted by molar-refractivity contribution is 7.16. The van der Waals surface area contributed by atoms with Gasteiger partial charge in [0.05, 0.1) is 10.8 Å². The predicted molar refractivity (Wildman–Crippen MR) is 58.3 cm³/mol. The molecule has 4 nitrogen and oxygen atoms in total. The molecule has 2 N–H and O–H groups in total. The van der Waals surface area contributed by atoms with Crippen LogP contribution in [-0.4, -0.2) is 23.0 Å². The zero-order valence-electron chi connectivity index (χ0n) is 7.99. The second-order valence-corrected chi connectivity index (χ2v) is 4.81. The second kappa shape index (κ2) is 5.14. The summed E-state index contributed by atoms with van der Waals surface area (Å²) in [5.74, 6) is -1.36. The van der Waals surface area contributed by atoms with E-state index in [1.807, 2.05) is 0 Å². The first-order chi connectivity index (χ1) is 6.99. The number of nitrogens with one attached hydrogen (secondary N) is 1. The maximum absolute atomic E-state index is 11.3. The Kier molecular flexibility index (Phi) is 4.11. The molecule has 1 atom stereocenters. The minimum absolute atomic E-state index is 0.162. The molecule has 0 saturated heterocycles. The molecule has 6 heteroatoms. The van der Waals surface area contributed by atoms with Crippen LogP contribution in [0, 0.1) is 0 Å². The molecule has 1 rings (SSSR count). The van der Waals surface area contributed by atoms with Gasteiger partial charge < -0.3 is 10.4 Å². The molecule has 0 radical (unpaired) electrons. The van der Waals surface area contributed by atoms with Crippen molar-refractivity contribution < 1.29 is 14.7 Å². The molecule has 0 aliphatic carbocycles. The Morgan fingerprint density at radius 3 is 2.73 bits per heavy atom. The van der Waals surface area contributed by atoms with E-state index < -0.39 is 12.0 Å². The monoisotopic (exact) mass is 247 g/mol. The van der Waals surface area contributed by atoms with Crippen LogP contribution in [0.2, 0.25) is 4.34 Å². The number of amides is 1. The number of aliphatic carboxylic acids is 1. The summed E-state index contributed by atoms with van der Waals surface area (Å²) in [6, 6.07) is 2.58. The van der Waals surface area contributed by atoms with E-state index in [9.17, 15) is 9.59 Å². The SMILES string of the molecule is CC(NC(=O)Cc1ccc(Cl)s1)C(=O)O. The van der Waals surface area contributed by atoms with Crippen molar-refractivity contribution in [3.63, 3.8) is 0 Å². The van der Waals surface area contributed by atoms with Gasteiger partial charge in [0.25, 0.3) is 0 Å². The first-order valence-electron chi connectivity index (χ1n) is 4.25. The number of carbonyl (C=O) groups excluding carboxylic acids is 1. The summed E-state index contributed by atoms with van der Waals surface area (Å²) in [4.78, 5) is 22.6. The van der Waals surface area contributed by atoms with Crippen LogP contribution in [0.4, 0.5) is 0 Å². The van der Waals surface area contributed by atoms with E-state index in [0.717, 1.165) is 4.88 Å². The van der Waals surface area contributed by atoms with Crippen LogP contribution in [0.3, 0.4) is 0 Å². The first-order valence-corrected chi connectivity index (χ1v) is 5.45. The van der Waals surface area contributed by atoms with Gasteiger partial charge in [-0.2, -0.15) is 0 Å². The van der Waals surface area contributed by atoms with Crippen LogP contribution in [0.15, 0.2) is 12.1 Å². The molecule has 82 valence electrons.